The van der Waals surface area contributed by atoms with E-state index in [0.29, 0.717) is 19.0 Å². The molecule has 1 aromatic carbocycles. The van der Waals surface area contributed by atoms with Crippen LogP contribution in [0.4, 0.5) is 11.6 Å². The van der Waals surface area contributed by atoms with Crippen LogP contribution in [0.2, 0.25) is 0 Å². The van der Waals surface area contributed by atoms with Gasteiger partial charge in [-0.1, -0.05) is 12.1 Å². The Hall–Kier alpha value is -2.83. The first-order chi connectivity index (χ1) is 11.2. The first-order valence-corrected chi connectivity index (χ1v) is 7.39. The normalized spacial score (nSPS) is 12.9. The molecular formula is C16H18N4O3. The van der Waals surface area contributed by atoms with E-state index in [0.717, 1.165) is 11.4 Å². The number of para-hydroxylation sites is 2. The lowest BCUT2D eigenvalue weighted by Crippen LogP contribution is -2.27. The molecule has 7 heteroatoms. The molecule has 3 rings (SSSR count). The smallest absolute Gasteiger partial charge is 0.343 e. The zero-order valence-corrected chi connectivity index (χ0v) is 13.1. The predicted molar refractivity (Wildman–Crippen MR) is 84.0 cm³/mol. The van der Waals surface area contributed by atoms with E-state index in [-0.39, 0.29) is 17.7 Å². The van der Waals surface area contributed by atoms with E-state index >= 15 is 0 Å². The largest absolute Gasteiger partial charge is 0.495 e. The number of fused-ring (bicyclic) bond motifs is 1. The first-order valence-electron chi connectivity index (χ1n) is 7.39. The van der Waals surface area contributed by atoms with Gasteiger partial charge < -0.3 is 14.4 Å². The molecule has 0 fully saturated rings. The van der Waals surface area contributed by atoms with Gasteiger partial charge in [0.05, 0.1) is 19.4 Å². The Morgan fingerprint density at radius 2 is 2.13 bits per heavy atom. The number of methoxy groups -OCH3 is 1. The van der Waals surface area contributed by atoms with Crippen molar-refractivity contribution in [3.63, 3.8) is 0 Å². The summed E-state index contributed by atoms with van der Waals surface area (Å²) in [5.41, 5.74) is 1.18. The zero-order chi connectivity index (χ0) is 16.4. The van der Waals surface area contributed by atoms with Crippen LogP contribution in [0.25, 0.3) is 0 Å². The number of aromatic nitrogens is 2. The van der Waals surface area contributed by atoms with Crippen LogP contribution >= 0.6 is 0 Å². The van der Waals surface area contributed by atoms with Crippen molar-refractivity contribution in [2.75, 3.05) is 25.2 Å². The summed E-state index contributed by atoms with van der Waals surface area (Å²) in [6, 6.07) is 7.65. The number of anilines is 2. The van der Waals surface area contributed by atoms with Gasteiger partial charge in [0.15, 0.2) is 0 Å². The maximum atomic E-state index is 11.9. The van der Waals surface area contributed by atoms with Crippen LogP contribution in [0.3, 0.4) is 0 Å². The van der Waals surface area contributed by atoms with Crippen molar-refractivity contribution in [2.24, 2.45) is 0 Å². The maximum absolute atomic E-state index is 11.9. The van der Waals surface area contributed by atoms with Crippen molar-refractivity contribution >= 4 is 17.6 Å². The third-order valence-electron chi connectivity index (χ3n) is 3.74. The van der Waals surface area contributed by atoms with Crippen LogP contribution in [-0.2, 0) is 11.3 Å². The van der Waals surface area contributed by atoms with Gasteiger partial charge >= 0.3 is 5.97 Å². The lowest BCUT2D eigenvalue weighted by atomic mass is 10.2. The third-order valence-corrected chi connectivity index (χ3v) is 3.74. The lowest BCUT2D eigenvalue weighted by molar-refractivity contribution is 0.0522. The van der Waals surface area contributed by atoms with Crippen LogP contribution in [0.5, 0.6) is 5.75 Å². The predicted octanol–water partition coefficient (Wildman–Crippen LogP) is 1.70. The van der Waals surface area contributed by atoms with Gasteiger partial charge in [-0.05, 0) is 19.1 Å². The summed E-state index contributed by atoms with van der Waals surface area (Å²) < 4.78 is 12.1. The molecule has 1 N–H and O–H groups in total. The molecule has 23 heavy (non-hydrogen) atoms. The average Bonchev–Trinajstić information content (AvgIpc) is 3.00. The molecule has 0 bridgehead atoms. The molecule has 0 aliphatic carbocycles. The fourth-order valence-electron chi connectivity index (χ4n) is 2.66. The number of carbonyl (C=O) groups is 1. The quantitative estimate of drug-likeness (QED) is 0.869. The number of nitrogens with one attached hydrogen (secondary N) is 1. The molecule has 1 aliphatic heterocycles. The summed E-state index contributed by atoms with van der Waals surface area (Å²) in [6.07, 6.45) is 1.40. The average molecular weight is 314 g/mol. The molecule has 2 aromatic rings. The van der Waals surface area contributed by atoms with Crippen LogP contribution in [0, 0.1) is 5.41 Å². The van der Waals surface area contributed by atoms with Crippen LogP contribution in [-0.4, -0.2) is 35.8 Å². The number of ether oxygens (including phenoxy) is 2. The van der Waals surface area contributed by atoms with E-state index in [1.807, 2.05) is 29.2 Å². The molecule has 120 valence electrons. The van der Waals surface area contributed by atoms with E-state index in [4.69, 9.17) is 14.9 Å². The van der Waals surface area contributed by atoms with Gasteiger partial charge in [0.25, 0.3) is 0 Å². The fourth-order valence-corrected chi connectivity index (χ4v) is 2.66. The topological polar surface area (TPSA) is 80.4 Å². The Bertz CT molecular complexity index is 800. The zero-order valence-electron chi connectivity index (χ0n) is 13.1. The highest BCUT2D eigenvalue weighted by molar-refractivity contribution is 5.88. The second-order valence-electron chi connectivity index (χ2n) is 5.02. The molecule has 1 aromatic heterocycles. The molecule has 1 aliphatic rings. The summed E-state index contributed by atoms with van der Waals surface area (Å²) in [4.78, 5) is 18.2. The molecule has 0 saturated heterocycles. The second kappa shape index (κ2) is 6.12. The van der Waals surface area contributed by atoms with Gasteiger partial charge in [0.1, 0.15) is 16.8 Å². The second-order valence-corrected chi connectivity index (χ2v) is 5.02. The van der Waals surface area contributed by atoms with E-state index in [1.165, 1.54) is 6.20 Å². The molecule has 2 heterocycles. The van der Waals surface area contributed by atoms with Crippen molar-refractivity contribution in [3.05, 3.63) is 41.5 Å². The summed E-state index contributed by atoms with van der Waals surface area (Å²) in [7, 11) is 1.62. The van der Waals surface area contributed by atoms with Crippen molar-refractivity contribution in [2.45, 2.75) is 13.5 Å². The minimum Gasteiger partial charge on any atom is -0.495 e. The summed E-state index contributed by atoms with van der Waals surface area (Å²) in [5, 5.41) is 8.25. The fraction of sp³-hybridized carbons (Fsp3) is 0.312. The van der Waals surface area contributed by atoms with E-state index in [2.05, 4.69) is 4.98 Å². The number of hydrogen-bond donors (Lipinski definition) is 1. The molecule has 7 nitrogen and oxygen atoms in total. The van der Waals surface area contributed by atoms with Gasteiger partial charge in [-0.3, -0.25) is 9.98 Å². The van der Waals surface area contributed by atoms with Gasteiger partial charge in [-0.25, -0.2) is 9.78 Å². The Kier molecular flexibility index (Phi) is 4.01. The van der Waals surface area contributed by atoms with Crippen LogP contribution < -0.4 is 15.1 Å². The van der Waals surface area contributed by atoms with Crippen molar-refractivity contribution in [1.82, 2.24) is 9.55 Å². The van der Waals surface area contributed by atoms with Crippen molar-refractivity contribution < 1.29 is 14.3 Å². The maximum Gasteiger partial charge on any atom is 0.343 e. The van der Waals surface area contributed by atoms with E-state index in [9.17, 15) is 4.79 Å². The Morgan fingerprint density at radius 1 is 1.35 bits per heavy atom. The number of benzene rings is 1. The van der Waals surface area contributed by atoms with E-state index < -0.39 is 5.97 Å². The highest BCUT2D eigenvalue weighted by atomic mass is 16.5. The van der Waals surface area contributed by atoms with Crippen molar-refractivity contribution in [1.29, 1.82) is 5.41 Å². The van der Waals surface area contributed by atoms with Crippen molar-refractivity contribution in [3.8, 4) is 5.75 Å². The number of carbonyl (C=O) groups excluding carboxylic acids is 1. The summed E-state index contributed by atoms with van der Waals surface area (Å²) in [5.74, 6) is 0.840. The standard InChI is InChI=1S/C16H18N4O3/c1-3-23-15(21)11-10-18-16-19(8-9-20(16)14(11)17)12-6-4-5-7-13(12)22-2/h4-7,10,17H,3,8-9H2,1-2H3. The highest BCUT2D eigenvalue weighted by Gasteiger charge is 2.26. The minimum absolute atomic E-state index is 0.117. The third kappa shape index (κ3) is 2.54. The van der Waals surface area contributed by atoms with Gasteiger partial charge in [0.2, 0.25) is 5.95 Å². The molecular weight excluding hydrogens is 296 g/mol. The SMILES string of the molecule is CCOC(=O)c1cnc2n(c1=N)CCN2c1ccccc1OC. The van der Waals surface area contributed by atoms with Gasteiger partial charge in [0, 0.05) is 19.3 Å². The molecule has 0 atom stereocenters. The Morgan fingerprint density at radius 3 is 2.87 bits per heavy atom. The Labute approximate surface area is 133 Å². The van der Waals surface area contributed by atoms with Crippen LogP contribution in [0.15, 0.2) is 30.5 Å². The van der Waals surface area contributed by atoms with Gasteiger partial charge in [-0.15, -0.1) is 0 Å². The first kappa shape index (κ1) is 15.1. The minimum atomic E-state index is -0.518. The molecule has 0 unspecified atom stereocenters. The molecule has 0 amide bonds. The molecule has 0 saturated carbocycles. The number of rotatable bonds is 4. The molecule has 0 radical (unpaired) electrons. The van der Waals surface area contributed by atoms with Crippen LogP contribution in [0.1, 0.15) is 17.3 Å². The lowest BCUT2D eigenvalue weighted by Gasteiger charge is -2.20. The highest BCUT2D eigenvalue weighted by Crippen LogP contribution is 2.34. The Balaban J connectivity index is 2.03. The summed E-state index contributed by atoms with van der Waals surface area (Å²) in [6.45, 7) is 3.24. The van der Waals surface area contributed by atoms with Gasteiger partial charge in [-0.2, -0.15) is 0 Å². The molecule has 0 spiro atoms. The monoisotopic (exact) mass is 314 g/mol. The van der Waals surface area contributed by atoms with E-state index in [1.54, 1.807) is 18.6 Å². The number of esters is 1. The number of hydrogen-bond acceptors (Lipinski definition) is 6. The summed E-state index contributed by atoms with van der Waals surface area (Å²) >= 11 is 0. The number of nitrogens with zero attached hydrogens (tertiary/aromatic N) is 3.